The molecule has 8 heteroatoms. The molecule has 7 nitrogen and oxygen atoms in total. The highest BCUT2D eigenvalue weighted by Crippen LogP contribution is 2.28. The van der Waals surface area contributed by atoms with E-state index in [-0.39, 0.29) is 5.95 Å². The number of rotatable bonds is 5. The summed E-state index contributed by atoms with van der Waals surface area (Å²) in [6, 6.07) is 16.8. The Bertz CT molecular complexity index is 1140. The monoisotopic (exact) mass is 418 g/mol. The van der Waals surface area contributed by atoms with Crippen LogP contribution < -0.4 is 16.0 Å². The van der Waals surface area contributed by atoms with Crippen LogP contribution in [0.4, 0.5) is 17.6 Å². The number of hydrogen-bond donors (Lipinski definition) is 3. The van der Waals surface area contributed by atoms with E-state index in [1.807, 2.05) is 30.3 Å². The molecule has 0 saturated carbocycles. The largest absolute Gasteiger partial charge is 0.368 e. The van der Waals surface area contributed by atoms with Crippen LogP contribution >= 0.6 is 11.3 Å². The molecule has 1 saturated heterocycles. The lowest BCUT2D eigenvalue weighted by Crippen LogP contribution is -3.09. The average Bonchev–Trinajstić information content (AvgIpc) is 3.35. The predicted octanol–water partition coefficient (Wildman–Crippen LogP) is 3.04. The minimum Gasteiger partial charge on any atom is -0.368 e. The maximum Gasteiger partial charge on any atom is 0.232 e. The van der Waals surface area contributed by atoms with E-state index >= 15 is 0 Å². The number of para-hydroxylation sites is 1. The van der Waals surface area contributed by atoms with Crippen molar-refractivity contribution in [3.05, 3.63) is 64.9 Å². The van der Waals surface area contributed by atoms with Crippen molar-refractivity contribution in [1.29, 1.82) is 0 Å². The number of nitrogen functional groups attached to an aromatic ring is 1. The first-order valence-electron chi connectivity index (χ1n) is 10.2. The van der Waals surface area contributed by atoms with E-state index < -0.39 is 0 Å². The van der Waals surface area contributed by atoms with Crippen molar-refractivity contribution >= 4 is 39.1 Å². The van der Waals surface area contributed by atoms with E-state index in [1.54, 1.807) is 11.3 Å². The molecule has 2 atom stereocenters. The van der Waals surface area contributed by atoms with Gasteiger partial charge in [-0.1, -0.05) is 29.8 Å². The predicted molar refractivity (Wildman–Crippen MR) is 120 cm³/mol. The van der Waals surface area contributed by atoms with Gasteiger partial charge in [0.2, 0.25) is 11.9 Å². The van der Waals surface area contributed by atoms with Gasteiger partial charge in [-0.3, -0.25) is 0 Å². The minimum absolute atomic E-state index is 0.241. The summed E-state index contributed by atoms with van der Waals surface area (Å²) in [5, 5.41) is 4.43. The van der Waals surface area contributed by atoms with Crippen LogP contribution in [0, 0.1) is 6.92 Å². The van der Waals surface area contributed by atoms with E-state index in [4.69, 9.17) is 10.7 Å². The molecule has 2 aromatic heterocycles. The Kier molecular flexibility index (Phi) is 5.02. The summed E-state index contributed by atoms with van der Waals surface area (Å²) in [6.07, 6.45) is 2.30. The molecule has 0 aliphatic carbocycles. The number of anilines is 3. The highest BCUT2D eigenvalue weighted by atomic mass is 32.1. The van der Waals surface area contributed by atoms with Crippen LogP contribution in [0.1, 0.15) is 35.3 Å². The first-order valence-corrected chi connectivity index (χ1v) is 11.0. The molecule has 1 unspecified atom stereocenters. The fraction of sp³-hybridized carbons (Fsp3) is 0.273. The summed E-state index contributed by atoms with van der Waals surface area (Å²) in [7, 11) is 0. The van der Waals surface area contributed by atoms with Crippen molar-refractivity contribution in [3.63, 3.8) is 0 Å². The number of likely N-dealkylation sites (tertiary alicyclic amines) is 1. The van der Waals surface area contributed by atoms with Crippen LogP contribution in [0.15, 0.2) is 48.5 Å². The molecule has 2 aromatic carbocycles. The number of aryl methyl sites for hydroxylation is 1. The number of fused-ring (bicyclic) bond motifs is 1. The van der Waals surface area contributed by atoms with E-state index in [1.165, 1.54) is 26.6 Å². The highest BCUT2D eigenvalue weighted by molar-refractivity contribution is 7.18. The number of hydrogen-bond acceptors (Lipinski definition) is 7. The van der Waals surface area contributed by atoms with Gasteiger partial charge >= 0.3 is 0 Å². The van der Waals surface area contributed by atoms with Gasteiger partial charge in [-0.2, -0.15) is 15.0 Å². The molecular formula is C22H24N7S+. The van der Waals surface area contributed by atoms with Gasteiger partial charge in [0.05, 0.1) is 16.8 Å². The van der Waals surface area contributed by atoms with Crippen molar-refractivity contribution in [3.8, 4) is 0 Å². The first-order chi connectivity index (χ1) is 14.6. The highest BCUT2D eigenvalue weighted by Gasteiger charge is 2.33. The Morgan fingerprint density at radius 2 is 1.90 bits per heavy atom. The van der Waals surface area contributed by atoms with E-state index in [2.05, 4.69) is 45.4 Å². The van der Waals surface area contributed by atoms with Crippen LogP contribution in [-0.4, -0.2) is 26.5 Å². The van der Waals surface area contributed by atoms with Crippen molar-refractivity contribution < 1.29 is 4.90 Å². The second-order valence-electron chi connectivity index (χ2n) is 7.72. The van der Waals surface area contributed by atoms with Gasteiger partial charge < -0.3 is 16.0 Å². The lowest BCUT2D eigenvalue weighted by atomic mass is 10.2. The van der Waals surface area contributed by atoms with Gasteiger partial charge in [-0.05, 0) is 31.2 Å². The molecule has 152 valence electrons. The molecular weight excluding hydrogens is 394 g/mol. The van der Waals surface area contributed by atoms with E-state index in [0.29, 0.717) is 24.4 Å². The standard InChI is InChI=1S/C22H23N7S/c1-14-8-10-15(11-9-14)24-22-27-19(26-21(23)28-22)13-29-12-4-6-17(29)20-25-16-5-2-3-7-18(16)30-20/h2-3,5,7-11,17H,4,6,12-13H2,1H3,(H3,23,24,26,27,28)/p+1/t17-/m1/s1. The molecule has 3 heterocycles. The second-order valence-corrected chi connectivity index (χ2v) is 8.79. The normalized spacial score (nSPS) is 18.7. The molecule has 0 radical (unpaired) electrons. The van der Waals surface area contributed by atoms with Gasteiger partial charge in [-0.25, -0.2) is 4.98 Å². The molecule has 0 spiro atoms. The third-order valence-corrected chi connectivity index (χ3v) is 6.63. The van der Waals surface area contributed by atoms with E-state index in [9.17, 15) is 0 Å². The molecule has 0 bridgehead atoms. The molecule has 1 aliphatic rings. The van der Waals surface area contributed by atoms with Crippen molar-refractivity contribution in [2.45, 2.75) is 32.4 Å². The summed E-state index contributed by atoms with van der Waals surface area (Å²) in [6.45, 7) is 3.84. The zero-order valence-electron chi connectivity index (χ0n) is 16.8. The molecule has 4 N–H and O–H groups in total. The van der Waals surface area contributed by atoms with Gasteiger partial charge in [-0.15, -0.1) is 11.3 Å². The smallest absolute Gasteiger partial charge is 0.232 e. The van der Waals surface area contributed by atoms with Gasteiger partial charge in [0.15, 0.2) is 10.8 Å². The quantitative estimate of drug-likeness (QED) is 0.461. The Hall–Kier alpha value is -3.10. The number of quaternary nitrogens is 1. The zero-order chi connectivity index (χ0) is 20.5. The summed E-state index contributed by atoms with van der Waals surface area (Å²) in [4.78, 5) is 19.6. The van der Waals surface area contributed by atoms with Crippen LogP contribution in [-0.2, 0) is 6.54 Å². The fourth-order valence-electron chi connectivity index (χ4n) is 4.00. The Morgan fingerprint density at radius 1 is 1.07 bits per heavy atom. The third-order valence-electron chi connectivity index (χ3n) is 5.48. The SMILES string of the molecule is Cc1ccc(Nc2nc(N)nc(C[NH+]3CCC[C@@H]3c3nc4ccccc4s3)n2)cc1. The summed E-state index contributed by atoms with van der Waals surface area (Å²) >= 11 is 1.80. The van der Waals surface area contributed by atoms with Gasteiger partial charge in [0.25, 0.3) is 0 Å². The Balaban J connectivity index is 1.36. The topological polar surface area (TPSA) is 94.0 Å². The van der Waals surface area contributed by atoms with Crippen LogP contribution in [0.5, 0.6) is 0 Å². The van der Waals surface area contributed by atoms with Crippen molar-refractivity contribution in [2.24, 2.45) is 0 Å². The third kappa shape index (κ3) is 3.96. The summed E-state index contributed by atoms with van der Waals surface area (Å²) in [5.41, 5.74) is 9.20. The molecule has 5 rings (SSSR count). The van der Waals surface area contributed by atoms with Crippen LogP contribution in [0.3, 0.4) is 0 Å². The Labute approximate surface area is 179 Å². The number of thiazole rings is 1. The van der Waals surface area contributed by atoms with Gasteiger partial charge in [0.1, 0.15) is 12.6 Å². The van der Waals surface area contributed by atoms with E-state index in [0.717, 1.165) is 24.2 Å². The number of nitrogens with one attached hydrogen (secondary N) is 2. The molecule has 4 aromatic rings. The lowest BCUT2D eigenvalue weighted by molar-refractivity contribution is -0.932. The van der Waals surface area contributed by atoms with Crippen LogP contribution in [0.25, 0.3) is 10.2 Å². The second kappa shape index (κ2) is 7.97. The molecule has 30 heavy (non-hydrogen) atoms. The van der Waals surface area contributed by atoms with Crippen molar-refractivity contribution in [1.82, 2.24) is 19.9 Å². The number of benzene rings is 2. The van der Waals surface area contributed by atoms with Crippen molar-refractivity contribution in [2.75, 3.05) is 17.6 Å². The molecule has 1 fully saturated rings. The molecule has 1 aliphatic heterocycles. The fourth-order valence-corrected chi connectivity index (χ4v) is 5.16. The first kappa shape index (κ1) is 18.9. The number of aromatic nitrogens is 4. The lowest BCUT2D eigenvalue weighted by Gasteiger charge is -2.19. The zero-order valence-corrected chi connectivity index (χ0v) is 17.6. The summed E-state index contributed by atoms with van der Waals surface area (Å²) < 4.78 is 1.24. The summed E-state index contributed by atoms with van der Waals surface area (Å²) in [5.74, 6) is 1.43. The number of nitrogens with zero attached hydrogens (tertiary/aromatic N) is 4. The van der Waals surface area contributed by atoms with Gasteiger partial charge in [0, 0.05) is 18.5 Å². The maximum absolute atomic E-state index is 5.99. The Morgan fingerprint density at radius 3 is 2.73 bits per heavy atom. The minimum atomic E-state index is 0.241. The maximum atomic E-state index is 5.99. The van der Waals surface area contributed by atoms with Crippen LogP contribution in [0.2, 0.25) is 0 Å². The number of nitrogens with two attached hydrogens (primary N) is 1. The average molecular weight is 419 g/mol. The molecule has 0 amide bonds.